The largest absolute Gasteiger partial charge is 0.460 e. The van der Waals surface area contributed by atoms with Crippen molar-refractivity contribution in [3.05, 3.63) is 60.7 Å². The highest BCUT2D eigenvalue weighted by Gasteiger charge is 2.45. The topological polar surface area (TPSA) is 44.8 Å². The van der Waals surface area contributed by atoms with Crippen molar-refractivity contribution in [2.24, 2.45) is 5.92 Å². The van der Waals surface area contributed by atoms with Gasteiger partial charge in [0.1, 0.15) is 17.4 Å². The molecule has 0 aromatic heterocycles. The number of para-hydroxylation sites is 2. The fraction of sp³-hybridized carbons (Fsp3) is 0.316. The first-order valence-electron chi connectivity index (χ1n) is 7.77. The summed E-state index contributed by atoms with van der Waals surface area (Å²) in [5, 5.41) is 0. The van der Waals surface area contributed by atoms with E-state index in [1.807, 2.05) is 26.0 Å². The molecular formula is C19H21ClO4. The predicted molar refractivity (Wildman–Crippen MR) is 93.4 cm³/mol. The summed E-state index contributed by atoms with van der Waals surface area (Å²) in [6.07, 6.45) is 0. The highest BCUT2D eigenvalue weighted by molar-refractivity contribution is 6.20. The third kappa shape index (κ3) is 4.90. The Labute approximate surface area is 147 Å². The molecule has 0 atom stereocenters. The van der Waals surface area contributed by atoms with Crippen molar-refractivity contribution in [2.45, 2.75) is 19.6 Å². The number of rotatable bonds is 8. The van der Waals surface area contributed by atoms with Gasteiger partial charge in [-0.25, -0.2) is 4.79 Å². The minimum atomic E-state index is -1.75. The molecule has 0 aliphatic heterocycles. The number of hydrogen-bond acceptors (Lipinski definition) is 4. The van der Waals surface area contributed by atoms with E-state index in [2.05, 4.69) is 0 Å². The Morgan fingerprint density at radius 2 is 1.42 bits per heavy atom. The molecule has 0 fully saturated rings. The molecule has 0 saturated carbocycles. The summed E-state index contributed by atoms with van der Waals surface area (Å²) < 4.78 is 17.0. The lowest BCUT2D eigenvalue weighted by atomic mass is 10.2. The van der Waals surface area contributed by atoms with Crippen molar-refractivity contribution in [2.75, 3.05) is 12.5 Å². The lowest BCUT2D eigenvalue weighted by Crippen LogP contribution is -2.53. The third-order valence-electron chi connectivity index (χ3n) is 3.09. The summed E-state index contributed by atoms with van der Waals surface area (Å²) in [7, 11) is 0. The number of carbonyl (C=O) groups is 1. The van der Waals surface area contributed by atoms with Crippen LogP contribution in [-0.4, -0.2) is 24.2 Å². The van der Waals surface area contributed by atoms with Crippen molar-refractivity contribution < 1.29 is 19.0 Å². The molecule has 2 rings (SSSR count). The van der Waals surface area contributed by atoms with E-state index in [9.17, 15) is 4.79 Å². The number of esters is 1. The molecule has 2 aromatic carbocycles. The summed E-state index contributed by atoms with van der Waals surface area (Å²) >= 11 is 6.08. The predicted octanol–water partition coefficient (Wildman–Crippen LogP) is 4.28. The molecule has 0 unspecified atom stereocenters. The van der Waals surface area contributed by atoms with Gasteiger partial charge in [0.05, 0.1) is 6.61 Å². The zero-order valence-corrected chi connectivity index (χ0v) is 14.5. The number of halogens is 1. The molecule has 4 nitrogen and oxygen atoms in total. The van der Waals surface area contributed by atoms with E-state index < -0.39 is 11.8 Å². The number of carbonyl (C=O) groups excluding carboxylic acids is 1. The van der Waals surface area contributed by atoms with Crippen LogP contribution in [0, 0.1) is 5.92 Å². The summed E-state index contributed by atoms with van der Waals surface area (Å²) in [6, 6.07) is 17.8. The van der Waals surface area contributed by atoms with Crippen LogP contribution in [0.4, 0.5) is 0 Å². The Kier molecular flexibility index (Phi) is 6.50. The van der Waals surface area contributed by atoms with Gasteiger partial charge < -0.3 is 14.2 Å². The molecule has 128 valence electrons. The smallest absolute Gasteiger partial charge is 0.394 e. The van der Waals surface area contributed by atoms with Gasteiger partial charge in [-0.05, 0) is 30.2 Å². The first-order chi connectivity index (χ1) is 11.6. The van der Waals surface area contributed by atoms with Gasteiger partial charge in [-0.15, -0.1) is 11.6 Å². The molecule has 0 heterocycles. The zero-order chi connectivity index (χ0) is 17.4. The standard InChI is InChI=1S/C19H21ClO4/c1-15(2)13-22-18(21)19(14-20,23-16-9-5-3-6-10-16)24-17-11-7-4-8-12-17/h3-12,15H,13-14H2,1-2H3. The van der Waals surface area contributed by atoms with Crippen molar-refractivity contribution >= 4 is 17.6 Å². The van der Waals surface area contributed by atoms with E-state index >= 15 is 0 Å². The lowest BCUT2D eigenvalue weighted by Gasteiger charge is -2.30. The maximum atomic E-state index is 12.7. The monoisotopic (exact) mass is 348 g/mol. The van der Waals surface area contributed by atoms with Crippen molar-refractivity contribution in [1.29, 1.82) is 0 Å². The van der Waals surface area contributed by atoms with E-state index in [1.165, 1.54) is 0 Å². The molecule has 0 saturated heterocycles. The molecule has 0 spiro atoms. The summed E-state index contributed by atoms with van der Waals surface area (Å²) in [5.41, 5.74) is 0. The van der Waals surface area contributed by atoms with Crippen LogP contribution in [0.3, 0.4) is 0 Å². The van der Waals surface area contributed by atoms with Crippen LogP contribution in [0.1, 0.15) is 13.8 Å². The van der Waals surface area contributed by atoms with Gasteiger partial charge in [0.2, 0.25) is 0 Å². The second kappa shape index (κ2) is 8.60. The van der Waals surface area contributed by atoms with Crippen molar-refractivity contribution in [3.63, 3.8) is 0 Å². The maximum Gasteiger partial charge on any atom is 0.394 e. The number of alkyl halides is 1. The number of benzene rings is 2. The summed E-state index contributed by atoms with van der Waals surface area (Å²) in [6.45, 7) is 4.16. The van der Waals surface area contributed by atoms with Crippen molar-refractivity contribution in [1.82, 2.24) is 0 Å². The van der Waals surface area contributed by atoms with Gasteiger partial charge >= 0.3 is 11.8 Å². The normalized spacial score (nSPS) is 11.2. The molecule has 5 heteroatoms. The second-order valence-electron chi connectivity index (χ2n) is 5.71. The molecule has 24 heavy (non-hydrogen) atoms. The van der Waals surface area contributed by atoms with E-state index in [0.29, 0.717) is 11.5 Å². The molecule has 0 N–H and O–H groups in total. The average molecular weight is 349 g/mol. The zero-order valence-electron chi connectivity index (χ0n) is 13.8. The van der Waals surface area contributed by atoms with E-state index in [0.717, 1.165) is 0 Å². The first kappa shape index (κ1) is 18.1. The van der Waals surface area contributed by atoms with Crippen LogP contribution < -0.4 is 9.47 Å². The molecule has 0 aliphatic carbocycles. The average Bonchev–Trinajstić information content (AvgIpc) is 2.60. The Hall–Kier alpha value is -2.20. The van der Waals surface area contributed by atoms with Crippen LogP contribution in [-0.2, 0) is 9.53 Å². The summed E-state index contributed by atoms with van der Waals surface area (Å²) in [5.74, 6) is -1.49. The molecular weight excluding hydrogens is 328 g/mol. The van der Waals surface area contributed by atoms with E-state index in [-0.39, 0.29) is 18.4 Å². The minimum Gasteiger partial charge on any atom is -0.460 e. The number of ether oxygens (including phenoxy) is 3. The molecule has 0 radical (unpaired) electrons. The molecule has 0 bridgehead atoms. The highest BCUT2D eigenvalue weighted by atomic mass is 35.5. The Bertz CT molecular complexity index is 587. The fourth-order valence-corrected chi connectivity index (χ4v) is 2.14. The van der Waals surface area contributed by atoms with Crippen LogP contribution >= 0.6 is 11.6 Å². The van der Waals surface area contributed by atoms with E-state index in [4.69, 9.17) is 25.8 Å². The quantitative estimate of drug-likeness (QED) is 0.406. The van der Waals surface area contributed by atoms with Gasteiger partial charge in [0.25, 0.3) is 0 Å². The van der Waals surface area contributed by atoms with E-state index in [1.54, 1.807) is 48.5 Å². The van der Waals surface area contributed by atoms with Crippen LogP contribution in [0.5, 0.6) is 11.5 Å². The van der Waals surface area contributed by atoms with Gasteiger partial charge in [0, 0.05) is 0 Å². The minimum absolute atomic E-state index is 0.190. The fourth-order valence-electron chi connectivity index (χ4n) is 1.92. The highest BCUT2D eigenvalue weighted by Crippen LogP contribution is 2.26. The Balaban J connectivity index is 2.28. The maximum absolute atomic E-state index is 12.7. The van der Waals surface area contributed by atoms with Gasteiger partial charge in [-0.1, -0.05) is 50.2 Å². The van der Waals surface area contributed by atoms with Gasteiger partial charge in [0.15, 0.2) is 0 Å². The second-order valence-corrected chi connectivity index (χ2v) is 5.98. The van der Waals surface area contributed by atoms with Gasteiger partial charge in [-0.3, -0.25) is 0 Å². The van der Waals surface area contributed by atoms with Crippen LogP contribution in [0.15, 0.2) is 60.7 Å². The molecule has 0 aliphatic rings. The first-order valence-corrected chi connectivity index (χ1v) is 8.30. The molecule has 0 amide bonds. The Morgan fingerprint density at radius 1 is 0.958 bits per heavy atom. The van der Waals surface area contributed by atoms with Crippen molar-refractivity contribution in [3.8, 4) is 11.5 Å². The van der Waals surface area contributed by atoms with Gasteiger partial charge in [-0.2, -0.15) is 0 Å². The summed E-state index contributed by atoms with van der Waals surface area (Å²) in [4.78, 5) is 12.7. The number of hydrogen-bond donors (Lipinski definition) is 0. The Morgan fingerprint density at radius 3 is 1.79 bits per heavy atom. The SMILES string of the molecule is CC(C)COC(=O)C(CCl)(Oc1ccccc1)Oc1ccccc1. The van der Waals surface area contributed by atoms with Crippen LogP contribution in [0.2, 0.25) is 0 Å². The van der Waals surface area contributed by atoms with Crippen LogP contribution in [0.25, 0.3) is 0 Å². The third-order valence-corrected chi connectivity index (χ3v) is 3.44. The molecule has 2 aromatic rings. The lowest BCUT2D eigenvalue weighted by molar-refractivity contribution is -0.187.